The lowest BCUT2D eigenvalue weighted by atomic mass is 10.1. The van der Waals surface area contributed by atoms with Crippen LogP contribution >= 0.6 is 15.9 Å². The fourth-order valence-electron chi connectivity index (χ4n) is 2.42. The molecule has 0 spiro atoms. The smallest absolute Gasteiger partial charge is 0.0750 e. The zero-order valence-electron chi connectivity index (χ0n) is 8.46. The summed E-state index contributed by atoms with van der Waals surface area (Å²) in [5, 5.41) is 6.93. The van der Waals surface area contributed by atoms with Crippen LogP contribution in [0.15, 0.2) is 22.7 Å². The van der Waals surface area contributed by atoms with Crippen LogP contribution in [-0.2, 0) is 0 Å². The van der Waals surface area contributed by atoms with Gasteiger partial charge in [0.05, 0.1) is 17.4 Å². The molecule has 2 aliphatic heterocycles. The van der Waals surface area contributed by atoms with Crippen molar-refractivity contribution in [1.29, 1.82) is 0 Å². The second-order valence-electron chi connectivity index (χ2n) is 4.07. The molecule has 3 nitrogen and oxygen atoms in total. The lowest BCUT2D eigenvalue weighted by Gasteiger charge is -2.43. The van der Waals surface area contributed by atoms with Crippen LogP contribution < -0.4 is 15.5 Å². The molecule has 2 heterocycles. The molecule has 2 N–H and O–H groups in total. The first-order valence-electron chi connectivity index (χ1n) is 5.36. The van der Waals surface area contributed by atoms with Crippen molar-refractivity contribution in [3.05, 3.63) is 22.7 Å². The van der Waals surface area contributed by atoms with Crippen LogP contribution in [0.2, 0.25) is 0 Å². The first-order valence-corrected chi connectivity index (χ1v) is 6.15. The number of hydrogen-bond donors (Lipinski definition) is 2. The highest BCUT2D eigenvalue weighted by Crippen LogP contribution is 2.38. The predicted octanol–water partition coefficient (Wildman–Crippen LogP) is 1.65. The van der Waals surface area contributed by atoms with Gasteiger partial charge in [0, 0.05) is 30.7 Å². The number of hydrogen-bond acceptors (Lipinski definition) is 3. The second-order valence-corrected chi connectivity index (χ2v) is 4.92. The van der Waals surface area contributed by atoms with E-state index in [9.17, 15) is 0 Å². The van der Waals surface area contributed by atoms with Crippen molar-refractivity contribution >= 4 is 27.3 Å². The van der Waals surface area contributed by atoms with Crippen molar-refractivity contribution in [3.8, 4) is 0 Å². The summed E-state index contributed by atoms with van der Waals surface area (Å²) in [4.78, 5) is 2.51. The maximum Gasteiger partial charge on any atom is 0.0750 e. The number of para-hydroxylation sites is 1. The van der Waals surface area contributed by atoms with Gasteiger partial charge in [0.2, 0.25) is 0 Å². The Labute approximate surface area is 98.0 Å². The number of nitrogens with one attached hydrogen (secondary N) is 2. The van der Waals surface area contributed by atoms with Crippen molar-refractivity contribution in [2.24, 2.45) is 0 Å². The van der Waals surface area contributed by atoms with E-state index >= 15 is 0 Å². The Morgan fingerprint density at radius 1 is 1.33 bits per heavy atom. The number of fused-ring (bicyclic) bond motifs is 3. The van der Waals surface area contributed by atoms with Crippen LogP contribution in [0.4, 0.5) is 11.4 Å². The molecular weight excluding hydrogens is 254 g/mol. The third-order valence-electron chi connectivity index (χ3n) is 3.15. The van der Waals surface area contributed by atoms with Crippen LogP contribution in [0.3, 0.4) is 0 Å². The number of nitrogens with zero attached hydrogens (tertiary/aromatic N) is 1. The van der Waals surface area contributed by atoms with Gasteiger partial charge in [0.1, 0.15) is 0 Å². The van der Waals surface area contributed by atoms with Gasteiger partial charge in [-0.2, -0.15) is 0 Å². The molecule has 1 fully saturated rings. The molecule has 80 valence electrons. The van der Waals surface area contributed by atoms with Crippen LogP contribution in [0.25, 0.3) is 0 Å². The van der Waals surface area contributed by atoms with Gasteiger partial charge in [-0.25, -0.2) is 0 Å². The summed E-state index contributed by atoms with van der Waals surface area (Å²) in [5.41, 5.74) is 2.58. The summed E-state index contributed by atoms with van der Waals surface area (Å²) in [7, 11) is 0. The molecule has 1 aromatic carbocycles. The lowest BCUT2D eigenvalue weighted by molar-refractivity contribution is 0.481. The van der Waals surface area contributed by atoms with E-state index < -0.39 is 0 Å². The molecule has 0 bridgehead atoms. The number of benzene rings is 1. The average Bonchev–Trinajstić information content (AvgIpc) is 2.29. The summed E-state index contributed by atoms with van der Waals surface area (Å²) in [6.07, 6.45) is 0. The number of anilines is 2. The molecule has 1 unspecified atom stereocenters. The number of piperazine rings is 1. The Morgan fingerprint density at radius 2 is 2.27 bits per heavy atom. The van der Waals surface area contributed by atoms with Crippen LogP contribution in [-0.4, -0.2) is 32.2 Å². The predicted molar refractivity (Wildman–Crippen MR) is 66.6 cm³/mol. The van der Waals surface area contributed by atoms with E-state index in [2.05, 4.69) is 49.7 Å². The van der Waals surface area contributed by atoms with Gasteiger partial charge in [-0.05, 0) is 28.1 Å². The first-order chi connectivity index (χ1) is 7.36. The molecule has 1 saturated heterocycles. The van der Waals surface area contributed by atoms with Gasteiger partial charge < -0.3 is 15.5 Å². The highest BCUT2D eigenvalue weighted by atomic mass is 79.9. The Balaban J connectivity index is 2.05. The van der Waals surface area contributed by atoms with Gasteiger partial charge in [-0.3, -0.25) is 0 Å². The van der Waals surface area contributed by atoms with Gasteiger partial charge in [0.25, 0.3) is 0 Å². The molecule has 1 aromatic rings. The standard InChI is InChI=1S/C11H14BrN3/c12-9-2-1-3-10-11(9)15-5-4-13-6-8(15)7-14-10/h1-3,8,13-14H,4-7H2. The summed E-state index contributed by atoms with van der Waals surface area (Å²) in [6.45, 7) is 4.30. The highest BCUT2D eigenvalue weighted by molar-refractivity contribution is 9.10. The zero-order chi connectivity index (χ0) is 10.3. The van der Waals surface area contributed by atoms with Crippen molar-refractivity contribution in [2.45, 2.75) is 6.04 Å². The summed E-state index contributed by atoms with van der Waals surface area (Å²) in [6, 6.07) is 6.94. The normalized spacial score (nSPS) is 24.1. The molecule has 0 aliphatic carbocycles. The van der Waals surface area contributed by atoms with Gasteiger partial charge in [-0.1, -0.05) is 6.07 Å². The fraction of sp³-hybridized carbons (Fsp3) is 0.455. The molecule has 0 aromatic heterocycles. The van der Waals surface area contributed by atoms with Crippen molar-refractivity contribution < 1.29 is 0 Å². The van der Waals surface area contributed by atoms with Crippen molar-refractivity contribution in [1.82, 2.24) is 5.32 Å². The highest BCUT2D eigenvalue weighted by Gasteiger charge is 2.29. The van der Waals surface area contributed by atoms with E-state index in [-0.39, 0.29) is 0 Å². The SMILES string of the molecule is Brc1cccc2c1N1CCNCC1CN2. The Bertz CT molecular complexity index is 380. The minimum absolute atomic E-state index is 0.588. The van der Waals surface area contributed by atoms with E-state index in [0.29, 0.717) is 6.04 Å². The van der Waals surface area contributed by atoms with E-state index in [1.807, 2.05) is 0 Å². The lowest BCUT2D eigenvalue weighted by Crippen LogP contribution is -2.56. The third-order valence-corrected chi connectivity index (χ3v) is 3.79. The molecule has 3 rings (SSSR count). The maximum absolute atomic E-state index is 3.64. The Hall–Kier alpha value is -0.740. The summed E-state index contributed by atoms with van der Waals surface area (Å²) in [5.74, 6) is 0. The zero-order valence-corrected chi connectivity index (χ0v) is 10.0. The Morgan fingerprint density at radius 3 is 3.20 bits per heavy atom. The molecule has 1 atom stereocenters. The fourth-order valence-corrected chi connectivity index (χ4v) is 3.01. The summed E-state index contributed by atoms with van der Waals surface area (Å²) < 4.78 is 1.19. The molecule has 2 aliphatic rings. The minimum atomic E-state index is 0.588. The van der Waals surface area contributed by atoms with Crippen LogP contribution in [0, 0.1) is 0 Å². The van der Waals surface area contributed by atoms with Gasteiger partial charge >= 0.3 is 0 Å². The number of halogens is 1. The molecule has 0 saturated carbocycles. The molecular formula is C11H14BrN3. The quantitative estimate of drug-likeness (QED) is 0.749. The van der Waals surface area contributed by atoms with Crippen LogP contribution in [0.1, 0.15) is 0 Å². The van der Waals surface area contributed by atoms with Crippen molar-refractivity contribution in [3.63, 3.8) is 0 Å². The van der Waals surface area contributed by atoms with E-state index in [1.54, 1.807) is 0 Å². The third kappa shape index (κ3) is 1.52. The van der Waals surface area contributed by atoms with Gasteiger partial charge in [0.15, 0.2) is 0 Å². The number of rotatable bonds is 0. The monoisotopic (exact) mass is 267 g/mol. The average molecular weight is 268 g/mol. The van der Waals surface area contributed by atoms with E-state index in [0.717, 1.165) is 26.2 Å². The first kappa shape index (κ1) is 9.48. The second kappa shape index (κ2) is 3.68. The molecule has 4 heteroatoms. The topological polar surface area (TPSA) is 27.3 Å². The van der Waals surface area contributed by atoms with E-state index in [1.165, 1.54) is 15.8 Å². The maximum atomic E-state index is 3.64. The molecule has 0 radical (unpaired) electrons. The van der Waals surface area contributed by atoms with Crippen LogP contribution in [0.5, 0.6) is 0 Å². The van der Waals surface area contributed by atoms with E-state index in [4.69, 9.17) is 0 Å². The van der Waals surface area contributed by atoms with Crippen molar-refractivity contribution in [2.75, 3.05) is 36.4 Å². The van der Waals surface area contributed by atoms with Gasteiger partial charge in [-0.15, -0.1) is 0 Å². The molecule has 15 heavy (non-hydrogen) atoms. The molecule has 0 amide bonds. The largest absolute Gasteiger partial charge is 0.381 e. The Kier molecular flexibility index (Phi) is 2.33. The minimum Gasteiger partial charge on any atom is -0.381 e. The summed E-state index contributed by atoms with van der Waals surface area (Å²) >= 11 is 3.64.